The number of carboxylic acid groups (broad SMARTS) is 2. The van der Waals surface area contributed by atoms with Gasteiger partial charge in [-0.25, -0.2) is 9.59 Å². The van der Waals surface area contributed by atoms with Gasteiger partial charge in [0.15, 0.2) is 11.5 Å². The lowest BCUT2D eigenvalue weighted by molar-refractivity contribution is -0.159. The van der Waals surface area contributed by atoms with Crippen molar-refractivity contribution in [2.75, 3.05) is 39.3 Å². The molecule has 0 saturated carbocycles. The fourth-order valence-electron chi connectivity index (χ4n) is 4.83. The lowest BCUT2D eigenvalue weighted by Crippen LogP contribution is -2.26. The van der Waals surface area contributed by atoms with Crippen LogP contribution < -0.4 is 9.57 Å². The average Bonchev–Trinajstić information content (AvgIpc) is 3.69. The number of nitrogens with zero attached hydrogens (tertiary/aromatic N) is 2. The maximum Gasteiger partial charge on any atom is 0.414 e. The molecule has 2 N–H and O–H groups in total. The molecule has 1 aromatic heterocycles. The summed E-state index contributed by atoms with van der Waals surface area (Å²) in [5, 5.41) is 18.0. The molecule has 11 heteroatoms. The van der Waals surface area contributed by atoms with Crippen LogP contribution in [0.5, 0.6) is 11.5 Å². The fourth-order valence-corrected chi connectivity index (χ4v) is 6.25. The second-order valence-corrected chi connectivity index (χ2v) is 11.5. The second-order valence-electron chi connectivity index (χ2n) is 10.0. The molecule has 4 aromatic rings. The van der Waals surface area contributed by atoms with Crippen molar-refractivity contribution >= 4 is 50.7 Å². The van der Waals surface area contributed by atoms with Gasteiger partial charge in [-0.3, -0.25) is 9.69 Å². The summed E-state index contributed by atoms with van der Waals surface area (Å²) in [5.74, 6) is -2.31. The van der Waals surface area contributed by atoms with E-state index in [0.29, 0.717) is 28.5 Å². The monoisotopic (exact) mass is 638 g/mol. The van der Waals surface area contributed by atoms with Gasteiger partial charge in [0.2, 0.25) is 0 Å². The Bertz CT molecular complexity index is 1580. The summed E-state index contributed by atoms with van der Waals surface area (Å²) < 4.78 is 7.07. The SMILES string of the molecule is CCN(CC)Oc1ccc(C(=O)c2c(-c3ccc(OCCN4CCCC4)cc3)sc3ccccc23)cc1Cl.O=C(O)C(=O)O. The van der Waals surface area contributed by atoms with Crippen LogP contribution in [0, 0.1) is 0 Å². The first-order valence-corrected chi connectivity index (χ1v) is 15.6. The summed E-state index contributed by atoms with van der Waals surface area (Å²) in [5.41, 5.74) is 2.23. The maximum absolute atomic E-state index is 13.9. The lowest BCUT2D eigenvalue weighted by Gasteiger charge is -2.19. The van der Waals surface area contributed by atoms with Crippen LogP contribution in [-0.4, -0.2) is 77.2 Å². The van der Waals surface area contributed by atoms with E-state index in [2.05, 4.69) is 11.0 Å². The predicted molar refractivity (Wildman–Crippen MR) is 172 cm³/mol. The number of rotatable bonds is 11. The second kappa shape index (κ2) is 15.7. The zero-order valence-corrected chi connectivity index (χ0v) is 26.2. The van der Waals surface area contributed by atoms with Crippen molar-refractivity contribution in [1.82, 2.24) is 9.96 Å². The highest BCUT2D eigenvalue weighted by molar-refractivity contribution is 7.22. The number of carbonyl (C=O) groups excluding carboxylic acids is 1. The molecule has 1 fully saturated rings. The summed E-state index contributed by atoms with van der Waals surface area (Å²) in [7, 11) is 0. The summed E-state index contributed by atoms with van der Waals surface area (Å²) >= 11 is 8.18. The van der Waals surface area contributed by atoms with Crippen LogP contribution in [0.2, 0.25) is 5.02 Å². The van der Waals surface area contributed by atoms with Crippen molar-refractivity contribution in [3.8, 4) is 21.9 Å². The van der Waals surface area contributed by atoms with Crippen molar-refractivity contribution in [3.05, 3.63) is 82.9 Å². The van der Waals surface area contributed by atoms with Crippen LogP contribution in [0.1, 0.15) is 42.6 Å². The summed E-state index contributed by atoms with van der Waals surface area (Å²) in [6.45, 7) is 9.49. The van der Waals surface area contributed by atoms with Gasteiger partial charge in [0.1, 0.15) is 12.4 Å². The number of aliphatic carboxylic acids is 2. The first-order valence-electron chi connectivity index (χ1n) is 14.4. The summed E-state index contributed by atoms with van der Waals surface area (Å²) in [6, 6.07) is 21.4. The minimum atomic E-state index is -1.82. The number of likely N-dealkylation sites (tertiary alicyclic amines) is 1. The number of ketones is 1. The molecule has 3 aromatic carbocycles. The molecule has 1 aliphatic rings. The third-order valence-corrected chi connectivity index (χ3v) is 8.64. The first-order chi connectivity index (χ1) is 21.2. The molecule has 9 nitrogen and oxygen atoms in total. The Balaban J connectivity index is 0.000000670. The van der Waals surface area contributed by atoms with E-state index in [4.69, 9.17) is 41.0 Å². The highest BCUT2D eigenvalue weighted by Crippen LogP contribution is 2.41. The normalized spacial score (nSPS) is 13.0. The first kappa shape index (κ1) is 32.9. The number of fused-ring (bicyclic) bond motifs is 1. The number of benzene rings is 3. The van der Waals surface area contributed by atoms with Crippen molar-refractivity contribution in [2.45, 2.75) is 26.7 Å². The number of hydrogen-bond acceptors (Lipinski definition) is 8. The molecule has 2 heterocycles. The van der Waals surface area contributed by atoms with Crippen molar-refractivity contribution in [1.29, 1.82) is 0 Å². The minimum Gasteiger partial charge on any atom is -0.492 e. The third kappa shape index (κ3) is 8.35. The van der Waals surface area contributed by atoms with Crippen LogP contribution in [0.3, 0.4) is 0 Å². The van der Waals surface area contributed by atoms with E-state index in [1.165, 1.54) is 25.9 Å². The Morgan fingerprint density at radius 1 is 0.932 bits per heavy atom. The zero-order chi connectivity index (χ0) is 31.6. The maximum atomic E-state index is 13.9. The standard InChI is InChI=1S/C31H33ClN2O3S.C2H2O4/c1-3-34(4-2)37-27-16-13-23(21-26(27)32)30(35)29-25-9-5-6-10-28(25)38-31(29)22-11-14-24(15-12-22)36-20-19-33-17-7-8-18-33;3-1(4)2(5)6/h5-6,9-16,21H,3-4,7-8,17-20H2,1-2H3;(H,3,4)(H,5,6). The van der Waals surface area contributed by atoms with Crippen LogP contribution in [-0.2, 0) is 9.59 Å². The molecule has 1 saturated heterocycles. The highest BCUT2D eigenvalue weighted by Gasteiger charge is 2.22. The fraction of sp³-hybridized carbons (Fsp3) is 0.303. The molecule has 0 radical (unpaired) electrons. The number of hydrogen-bond donors (Lipinski definition) is 2. The lowest BCUT2D eigenvalue weighted by atomic mass is 9.97. The van der Waals surface area contributed by atoms with Crippen molar-refractivity contribution in [3.63, 3.8) is 0 Å². The van der Waals surface area contributed by atoms with E-state index in [-0.39, 0.29) is 5.78 Å². The van der Waals surface area contributed by atoms with Gasteiger partial charge >= 0.3 is 11.9 Å². The Morgan fingerprint density at radius 3 is 2.20 bits per heavy atom. The summed E-state index contributed by atoms with van der Waals surface area (Å²) in [4.78, 5) is 41.4. The van der Waals surface area contributed by atoms with E-state index in [1.54, 1.807) is 29.5 Å². The molecule has 0 atom stereocenters. The van der Waals surface area contributed by atoms with Gasteiger partial charge in [0, 0.05) is 45.7 Å². The van der Waals surface area contributed by atoms with Gasteiger partial charge in [-0.15, -0.1) is 16.4 Å². The Morgan fingerprint density at radius 2 is 1.59 bits per heavy atom. The topological polar surface area (TPSA) is 117 Å². The number of ether oxygens (including phenoxy) is 1. The van der Waals surface area contributed by atoms with Gasteiger partial charge < -0.3 is 19.8 Å². The molecule has 0 aliphatic carbocycles. The zero-order valence-electron chi connectivity index (χ0n) is 24.6. The van der Waals surface area contributed by atoms with E-state index in [1.807, 2.05) is 61.4 Å². The molecule has 0 bridgehead atoms. The van der Waals surface area contributed by atoms with Crippen LogP contribution in [0.15, 0.2) is 66.7 Å². The van der Waals surface area contributed by atoms with Gasteiger partial charge in [0.25, 0.3) is 0 Å². The average molecular weight is 639 g/mol. The van der Waals surface area contributed by atoms with Gasteiger partial charge in [-0.2, -0.15) is 0 Å². The largest absolute Gasteiger partial charge is 0.492 e. The number of halogens is 1. The highest BCUT2D eigenvalue weighted by atomic mass is 35.5. The van der Waals surface area contributed by atoms with E-state index >= 15 is 0 Å². The van der Waals surface area contributed by atoms with Gasteiger partial charge in [-0.05, 0) is 93.9 Å². The van der Waals surface area contributed by atoms with Gasteiger partial charge in [0.05, 0.1) is 5.02 Å². The molecule has 1 aliphatic heterocycles. The minimum absolute atomic E-state index is 0.0559. The van der Waals surface area contributed by atoms with Crippen LogP contribution >= 0.6 is 22.9 Å². The molecule has 0 amide bonds. The van der Waals surface area contributed by atoms with Crippen LogP contribution in [0.4, 0.5) is 0 Å². The molecular weight excluding hydrogens is 604 g/mol. The molecular formula is C33H35ClN2O7S. The predicted octanol–water partition coefficient (Wildman–Crippen LogP) is 6.72. The van der Waals surface area contributed by atoms with E-state index in [9.17, 15) is 4.79 Å². The Labute approximate surface area is 265 Å². The van der Waals surface area contributed by atoms with Gasteiger partial charge in [-0.1, -0.05) is 29.8 Å². The number of carboxylic acids is 2. The number of thiophene rings is 1. The Hall–Kier alpha value is -3.96. The van der Waals surface area contributed by atoms with Crippen molar-refractivity contribution < 1.29 is 34.2 Å². The van der Waals surface area contributed by atoms with E-state index < -0.39 is 11.9 Å². The molecule has 5 rings (SSSR count). The molecule has 0 spiro atoms. The smallest absolute Gasteiger partial charge is 0.414 e. The molecule has 232 valence electrons. The summed E-state index contributed by atoms with van der Waals surface area (Å²) in [6.07, 6.45) is 2.57. The van der Waals surface area contributed by atoms with E-state index in [0.717, 1.165) is 45.9 Å². The molecule has 0 unspecified atom stereocenters. The van der Waals surface area contributed by atoms with Crippen molar-refractivity contribution in [2.24, 2.45) is 0 Å². The van der Waals surface area contributed by atoms with Crippen LogP contribution in [0.25, 0.3) is 20.5 Å². The third-order valence-electron chi connectivity index (χ3n) is 7.12. The Kier molecular flexibility index (Phi) is 11.7. The number of hydroxylamine groups is 2. The molecule has 44 heavy (non-hydrogen) atoms. The quantitative estimate of drug-likeness (QED) is 0.105. The number of carbonyl (C=O) groups is 3.